The van der Waals surface area contributed by atoms with E-state index in [1.54, 1.807) is 13.2 Å². The van der Waals surface area contributed by atoms with Gasteiger partial charge in [0.05, 0.1) is 20.3 Å². The average Bonchev–Trinajstić information content (AvgIpc) is 2.48. The maximum atomic E-state index is 11.9. The van der Waals surface area contributed by atoms with E-state index >= 15 is 0 Å². The number of benzene rings is 1. The molecule has 0 bridgehead atoms. The van der Waals surface area contributed by atoms with Gasteiger partial charge < -0.3 is 15.2 Å². The molecule has 0 aliphatic carbocycles. The Kier molecular flexibility index (Phi) is 5.52. The number of carbonyl (C=O) groups is 1. The Labute approximate surface area is 119 Å². The lowest BCUT2D eigenvalue weighted by atomic mass is 10.0. The number of carbonyl (C=O) groups excluding carboxylic acids is 1. The number of hydrogen-bond donors (Lipinski definition) is 1. The van der Waals surface area contributed by atoms with Gasteiger partial charge in [-0.1, -0.05) is 0 Å². The van der Waals surface area contributed by atoms with Crippen molar-refractivity contribution in [1.82, 2.24) is 4.90 Å². The Hall–Kier alpha value is -1.43. The zero-order valence-corrected chi connectivity index (χ0v) is 11.9. The molecule has 0 aromatic heterocycles. The monoisotopic (exact) mass is 278 g/mol. The van der Waals surface area contributed by atoms with E-state index < -0.39 is 0 Å². The molecule has 1 aliphatic heterocycles. The van der Waals surface area contributed by atoms with Crippen molar-refractivity contribution in [3.8, 4) is 5.75 Å². The molecule has 2 rings (SSSR count). The smallest absolute Gasteiger partial charge is 0.164 e. The average molecular weight is 278 g/mol. The summed E-state index contributed by atoms with van der Waals surface area (Å²) in [5.41, 5.74) is 7.19. The lowest BCUT2D eigenvalue weighted by molar-refractivity contribution is 0.0338. The third-order valence-electron chi connectivity index (χ3n) is 3.47. The van der Waals surface area contributed by atoms with Crippen LogP contribution < -0.4 is 10.5 Å². The Morgan fingerprint density at radius 2 is 2.15 bits per heavy atom. The molecule has 1 heterocycles. The van der Waals surface area contributed by atoms with Gasteiger partial charge in [0.1, 0.15) is 5.75 Å². The van der Waals surface area contributed by atoms with Crippen molar-refractivity contribution in [1.29, 1.82) is 0 Å². The molecule has 0 radical (unpaired) electrons. The van der Waals surface area contributed by atoms with Crippen molar-refractivity contribution in [2.75, 3.05) is 40.0 Å². The number of nitrogens with zero attached hydrogens (tertiary/aromatic N) is 1. The normalized spacial score (nSPS) is 16.1. The molecule has 1 aliphatic rings. The summed E-state index contributed by atoms with van der Waals surface area (Å²) in [7, 11) is 1.65. The van der Waals surface area contributed by atoms with Crippen LogP contribution in [0.1, 0.15) is 22.3 Å². The van der Waals surface area contributed by atoms with Gasteiger partial charge in [0.15, 0.2) is 5.78 Å². The van der Waals surface area contributed by atoms with E-state index in [2.05, 4.69) is 4.90 Å². The molecule has 20 heavy (non-hydrogen) atoms. The van der Waals surface area contributed by atoms with Gasteiger partial charge in [-0.2, -0.15) is 0 Å². The van der Waals surface area contributed by atoms with Gasteiger partial charge in [-0.15, -0.1) is 0 Å². The van der Waals surface area contributed by atoms with E-state index in [4.69, 9.17) is 15.2 Å². The minimum Gasteiger partial charge on any atom is -0.496 e. The van der Waals surface area contributed by atoms with E-state index in [-0.39, 0.29) is 5.78 Å². The van der Waals surface area contributed by atoms with Gasteiger partial charge >= 0.3 is 0 Å². The molecule has 0 saturated carbocycles. The molecule has 0 unspecified atom stereocenters. The van der Waals surface area contributed by atoms with Crippen molar-refractivity contribution < 1.29 is 14.3 Å². The van der Waals surface area contributed by atoms with Crippen molar-refractivity contribution in [3.05, 3.63) is 29.3 Å². The standard InChI is InChI=1S/C15H22N2O3/c1-19-15-3-2-12(14(18)4-5-16)10-13(15)11-17-6-8-20-9-7-17/h2-3,10H,4-9,11,16H2,1H3. The highest BCUT2D eigenvalue weighted by Crippen LogP contribution is 2.22. The SMILES string of the molecule is COc1ccc(C(=O)CCN)cc1CN1CCOCC1. The molecule has 1 fully saturated rings. The molecular formula is C15H22N2O3. The fraction of sp³-hybridized carbons (Fsp3) is 0.533. The van der Waals surface area contributed by atoms with Gasteiger partial charge in [0.2, 0.25) is 0 Å². The van der Waals surface area contributed by atoms with Crippen LogP contribution in [0.2, 0.25) is 0 Å². The second kappa shape index (κ2) is 7.38. The largest absolute Gasteiger partial charge is 0.496 e. The van der Waals surface area contributed by atoms with Crippen LogP contribution in [0.4, 0.5) is 0 Å². The summed E-state index contributed by atoms with van der Waals surface area (Å²) in [6, 6.07) is 5.59. The van der Waals surface area contributed by atoms with Crippen molar-refractivity contribution >= 4 is 5.78 Å². The molecule has 2 N–H and O–H groups in total. The summed E-state index contributed by atoms with van der Waals surface area (Å²) in [5, 5.41) is 0. The first kappa shape index (κ1) is 15.0. The zero-order chi connectivity index (χ0) is 14.4. The number of rotatable bonds is 6. The van der Waals surface area contributed by atoms with Gasteiger partial charge in [-0.3, -0.25) is 9.69 Å². The maximum absolute atomic E-state index is 11.9. The minimum atomic E-state index is 0.0818. The van der Waals surface area contributed by atoms with Crippen LogP contribution in [-0.2, 0) is 11.3 Å². The topological polar surface area (TPSA) is 64.8 Å². The minimum absolute atomic E-state index is 0.0818. The Bertz CT molecular complexity index is 456. The zero-order valence-electron chi connectivity index (χ0n) is 11.9. The summed E-state index contributed by atoms with van der Waals surface area (Å²) in [5.74, 6) is 0.902. The molecule has 5 nitrogen and oxygen atoms in total. The number of methoxy groups -OCH3 is 1. The summed E-state index contributed by atoms with van der Waals surface area (Å²) < 4.78 is 10.7. The van der Waals surface area contributed by atoms with E-state index in [0.29, 0.717) is 18.5 Å². The molecule has 0 atom stereocenters. The maximum Gasteiger partial charge on any atom is 0.164 e. The second-order valence-electron chi connectivity index (χ2n) is 4.88. The lowest BCUT2D eigenvalue weighted by Gasteiger charge is -2.27. The van der Waals surface area contributed by atoms with E-state index in [9.17, 15) is 4.79 Å². The Morgan fingerprint density at radius 3 is 2.80 bits per heavy atom. The third kappa shape index (κ3) is 3.79. The Morgan fingerprint density at radius 1 is 1.40 bits per heavy atom. The van der Waals surface area contributed by atoms with E-state index in [1.807, 2.05) is 12.1 Å². The number of hydrogen-bond acceptors (Lipinski definition) is 5. The number of nitrogens with two attached hydrogens (primary N) is 1. The van der Waals surface area contributed by atoms with Crippen LogP contribution in [0.5, 0.6) is 5.75 Å². The van der Waals surface area contributed by atoms with Crippen molar-refractivity contribution in [3.63, 3.8) is 0 Å². The first-order chi connectivity index (χ1) is 9.74. The predicted octanol–water partition coefficient (Wildman–Crippen LogP) is 1.06. The Balaban J connectivity index is 2.15. The molecule has 1 aromatic rings. The summed E-state index contributed by atoms with van der Waals surface area (Å²) in [6.07, 6.45) is 0.378. The van der Waals surface area contributed by atoms with Crippen LogP contribution in [0.25, 0.3) is 0 Å². The van der Waals surface area contributed by atoms with E-state index in [0.717, 1.165) is 44.2 Å². The summed E-state index contributed by atoms with van der Waals surface area (Å²) >= 11 is 0. The number of ketones is 1. The fourth-order valence-corrected chi connectivity index (χ4v) is 2.35. The molecule has 0 spiro atoms. The highest BCUT2D eigenvalue weighted by atomic mass is 16.5. The molecule has 1 aromatic carbocycles. The second-order valence-corrected chi connectivity index (χ2v) is 4.88. The fourth-order valence-electron chi connectivity index (χ4n) is 2.35. The molecule has 110 valence electrons. The van der Waals surface area contributed by atoms with Crippen LogP contribution in [0.15, 0.2) is 18.2 Å². The molecule has 0 amide bonds. The van der Waals surface area contributed by atoms with Crippen molar-refractivity contribution in [2.24, 2.45) is 5.73 Å². The number of Topliss-reactive ketones (excluding diaryl/α,β-unsaturated/α-hetero) is 1. The highest BCUT2D eigenvalue weighted by molar-refractivity contribution is 5.96. The van der Waals surface area contributed by atoms with Crippen LogP contribution >= 0.6 is 0 Å². The van der Waals surface area contributed by atoms with Gasteiger partial charge in [-0.05, 0) is 24.7 Å². The summed E-state index contributed by atoms with van der Waals surface area (Å²) in [6.45, 7) is 4.48. The highest BCUT2D eigenvalue weighted by Gasteiger charge is 2.15. The predicted molar refractivity (Wildman–Crippen MR) is 77.1 cm³/mol. The first-order valence-corrected chi connectivity index (χ1v) is 6.95. The number of ether oxygens (including phenoxy) is 2. The lowest BCUT2D eigenvalue weighted by Crippen LogP contribution is -2.35. The van der Waals surface area contributed by atoms with Crippen LogP contribution in [0, 0.1) is 0 Å². The van der Waals surface area contributed by atoms with E-state index in [1.165, 1.54) is 0 Å². The quantitative estimate of drug-likeness (QED) is 0.788. The molecule has 5 heteroatoms. The van der Waals surface area contributed by atoms with Crippen LogP contribution in [-0.4, -0.2) is 50.6 Å². The number of morpholine rings is 1. The molecular weight excluding hydrogens is 256 g/mol. The van der Waals surface area contributed by atoms with Crippen LogP contribution in [0.3, 0.4) is 0 Å². The van der Waals surface area contributed by atoms with Gasteiger partial charge in [0.25, 0.3) is 0 Å². The summed E-state index contributed by atoms with van der Waals surface area (Å²) in [4.78, 5) is 14.2. The third-order valence-corrected chi connectivity index (χ3v) is 3.47. The first-order valence-electron chi connectivity index (χ1n) is 6.95. The van der Waals surface area contributed by atoms with Gasteiger partial charge in [0, 0.05) is 37.2 Å². The molecule has 1 saturated heterocycles. The van der Waals surface area contributed by atoms with Gasteiger partial charge in [-0.25, -0.2) is 0 Å². The van der Waals surface area contributed by atoms with Crippen molar-refractivity contribution in [2.45, 2.75) is 13.0 Å².